The summed E-state index contributed by atoms with van der Waals surface area (Å²) in [6.07, 6.45) is 5.30. The van der Waals surface area contributed by atoms with E-state index in [0.29, 0.717) is 18.7 Å². The zero-order chi connectivity index (χ0) is 16.2. The van der Waals surface area contributed by atoms with Gasteiger partial charge in [0.2, 0.25) is 0 Å². The second-order valence-electron chi connectivity index (χ2n) is 7.18. The van der Waals surface area contributed by atoms with Crippen LogP contribution in [0.1, 0.15) is 47.7 Å². The molecule has 1 aliphatic heterocycles. The molecule has 1 aromatic carbocycles. The van der Waals surface area contributed by atoms with Gasteiger partial charge in [-0.15, -0.1) is 0 Å². The molecule has 2 N–H and O–H groups in total. The number of hydrogen-bond acceptors (Lipinski definition) is 3. The summed E-state index contributed by atoms with van der Waals surface area (Å²) in [4.78, 5) is 14.5. The molecule has 0 saturated carbocycles. The summed E-state index contributed by atoms with van der Waals surface area (Å²) < 4.78 is 0. The van der Waals surface area contributed by atoms with Crippen molar-refractivity contribution in [2.24, 2.45) is 5.92 Å². The number of β-amino-alcohol motifs (C(OH)–C–C–N with tert-alkyl or cyclic N) is 1. The fourth-order valence-electron chi connectivity index (χ4n) is 3.63. The average Bonchev–Trinajstić information content (AvgIpc) is 3.02. The molecule has 0 spiro atoms. The van der Waals surface area contributed by atoms with Crippen LogP contribution in [0.4, 0.5) is 0 Å². The Balaban J connectivity index is 1.45. The third-order valence-electron chi connectivity index (χ3n) is 5.20. The Morgan fingerprint density at radius 2 is 2.04 bits per heavy atom. The van der Waals surface area contributed by atoms with Gasteiger partial charge < -0.3 is 15.3 Å². The number of carbonyl (C=O) groups is 1. The minimum atomic E-state index is -0.498. The topological polar surface area (TPSA) is 52.6 Å². The Morgan fingerprint density at radius 3 is 2.83 bits per heavy atom. The molecule has 0 radical (unpaired) electrons. The number of likely N-dealkylation sites (tertiary alicyclic amines) is 1. The molecule has 126 valence electrons. The van der Waals surface area contributed by atoms with Gasteiger partial charge in [-0.05, 0) is 74.4 Å². The van der Waals surface area contributed by atoms with Crippen molar-refractivity contribution in [2.45, 2.75) is 45.1 Å². The van der Waals surface area contributed by atoms with E-state index in [1.807, 2.05) is 12.1 Å². The normalized spacial score (nSPS) is 20.3. The van der Waals surface area contributed by atoms with Crippen molar-refractivity contribution in [1.29, 1.82) is 0 Å². The minimum absolute atomic E-state index is 0.0778. The number of hydrogen-bond donors (Lipinski definition) is 2. The molecule has 2 aliphatic rings. The number of rotatable bonds is 5. The number of amides is 1. The Kier molecular flexibility index (Phi) is 5.34. The number of nitrogens with one attached hydrogen (secondary N) is 1. The summed E-state index contributed by atoms with van der Waals surface area (Å²) in [7, 11) is 0. The van der Waals surface area contributed by atoms with Gasteiger partial charge >= 0.3 is 0 Å². The number of nitrogens with zero attached hydrogens (tertiary/aromatic N) is 1. The van der Waals surface area contributed by atoms with Crippen molar-refractivity contribution >= 4 is 5.91 Å². The van der Waals surface area contributed by atoms with Crippen LogP contribution in [0.25, 0.3) is 0 Å². The van der Waals surface area contributed by atoms with Crippen LogP contribution < -0.4 is 5.32 Å². The summed E-state index contributed by atoms with van der Waals surface area (Å²) in [5.74, 6) is 0.717. The van der Waals surface area contributed by atoms with E-state index in [0.717, 1.165) is 31.8 Å². The molecule has 4 nitrogen and oxygen atoms in total. The third kappa shape index (κ3) is 4.33. The van der Waals surface area contributed by atoms with Crippen molar-refractivity contribution in [3.05, 3.63) is 34.9 Å². The molecule has 0 bridgehead atoms. The number of aliphatic hydroxyl groups is 1. The van der Waals surface area contributed by atoms with E-state index < -0.39 is 6.10 Å². The van der Waals surface area contributed by atoms with Crippen LogP contribution in [0, 0.1) is 5.92 Å². The molecule has 1 atom stereocenters. The van der Waals surface area contributed by atoms with E-state index in [4.69, 9.17) is 0 Å². The van der Waals surface area contributed by atoms with E-state index in [-0.39, 0.29) is 5.91 Å². The molecule has 1 amide bonds. The lowest BCUT2D eigenvalue weighted by atomic mass is 9.99. The van der Waals surface area contributed by atoms with Gasteiger partial charge in [-0.2, -0.15) is 0 Å². The summed E-state index contributed by atoms with van der Waals surface area (Å²) in [5, 5.41) is 13.0. The Labute approximate surface area is 138 Å². The molecule has 1 fully saturated rings. The van der Waals surface area contributed by atoms with Gasteiger partial charge in [-0.1, -0.05) is 13.0 Å². The first kappa shape index (κ1) is 16.5. The predicted molar refractivity (Wildman–Crippen MR) is 91.6 cm³/mol. The molecular weight excluding hydrogens is 288 g/mol. The maximum Gasteiger partial charge on any atom is 0.251 e. The third-order valence-corrected chi connectivity index (χ3v) is 5.20. The fourth-order valence-corrected chi connectivity index (χ4v) is 3.63. The van der Waals surface area contributed by atoms with E-state index >= 15 is 0 Å². The number of piperidine rings is 1. The first-order valence-electron chi connectivity index (χ1n) is 8.92. The average molecular weight is 316 g/mol. The zero-order valence-electron chi connectivity index (χ0n) is 14.1. The van der Waals surface area contributed by atoms with E-state index in [9.17, 15) is 9.90 Å². The highest BCUT2D eigenvalue weighted by atomic mass is 16.3. The molecular formula is C19H28N2O2. The SMILES string of the molecule is CC1CCN(CC(O)CNC(=O)c2ccc3c(c2)CCC3)CC1. The van der Waals surface area contributed by atoms with Crippen LogP contribution >= 0.6 is 0 Å². The van der Waals surface area contributed by atoms with Crippen LogP contribution in [0.5, 0.6) is 0 Å². The lowest BCUT2D eigenvalue weighted by Gasteiger charge is -2.31. The monoisotopic (exact) mass is 316 g/mol. The Morgan fingerprint density at radius 1 is 1.30 bits per heavy atom. The molecule has 4 heteroatoms. The number of aryl methyl sites for hydroxylation is 2. The van der Waals surface area contributed by atoms with Crippen molar-refractivity contribution in [2.75, 3.05) is 26.2 Å². The fraction of sp³-hybridized carbons (Fsp3) is 0.632. The Hall–Kier alpha value is -1.39. The highest BCUT2D eigenvalue weighted by Gasteiger charge is 2.19. The molecule has 0 aromatic heterocycles. The van der Waals surface area contributed by atoms with Crippen molar-refractivity contribution in [3.63, 3.8) is 0 Å². The van der Waals surface area contributed by atoms with E-state index in [2.05, 4.69) is 23.2 Å². The summed E-state index contributed by atoms with van der Waals surface area (Å²) in [5.41, 5.74) is 3.39. The number of fused-ring (bicyclic) bond motifs is 1. The van der Waals surface area contributed by atoms with Crippen LogP contribution in [0.2, 0.25) is 0 Å². The lowest BCUT2D eigenvalue weighted by molar-refractivity contribution is 0.0795. The van der Waals surface area contributed by atoms with Gasteiger partial charge in [0.25, 0.3) is 5.91 Å². The van der Waals surface area contributed by atoms with Crippen molar-refractivity contribution < 1.29 is 9.90 Å². The quantitative estimate of drug-likeness (QED) is 0.873. The first-order valence-corrected chi connectivity index (χ1v) is 8.92. The van der Waals surface area contributed by atoms with Crippen LogP contribution in [-0.4, -0.2) is 48.2 Å². The van der Waals surface area contributed by atoms with Crippen molar-refractivity contribution in [1.82, 2.24) is 10.2 Å². The van der Waals surface area contributed by atoms with E-state index in [1.165, 1.54) is 30.4 Å². The smallest absolute Gasteiger partial charge is 0.251 e. The number of carbonyl (C=O) groups excluding carboxylic acids is 1. The molecule has 1 heterocycles. The standard InChI is InChI=1S/C19H28N2O2/c1-14-7-9-21(10-8-14)13-18(22)12-20-19(23)17-6-5-15-3-2-4-16(15)11-17/h5-6,11,14,18,22H,2-4,7-10,12-13H2,1H3,(H,20,23). The van der Waals surface area contributed by atoms with Gasteiger partial charge in [0.05, 0.1) is 6.10 Å². The highest BCUT2D eigenvalue weighted by molar-refractivity contribution is 5.94. The largest absolute Gasteiger partial charge is 0.390 e. The van der Waals surface area contributed by atoms with E-state index in [1.54, 1.807) is 0 Å². The lowest BCUT2D eigenvalue weighted by Crippen LogP contribution is -2.43. The molecule has 1 aromatic rings. The zero-order valence-corrected chi connectivity index (χ0v) is 14.1. The maximum absolute atomic E-state index is 12.2. The summed E-state index contributed by atoms with van der Waals surface area (Å²) in [6.45, 7) is 5.36. The summed E-state index contributed by atoms with van der Waals surface area (Å²) >= 11 is 0. The number of aliphatic hydroxyl groups excluding tert-OH is 1. The maximum atomic E-state index is 12.2. The van der Waals surface area contributed by atoms with Crippen LogP contribution in [0.3, 0.4) is 0 Å². The molecule has 1 unspecified atom stereocenters. The van der Waals surface area contributed by atoms with Gasteiger partial charge in [-0.25, -0.2) is 0 Å². The molecule has 23 heavy (non-hydrogen) atoms. The van der Waals surface area contributed by atoms with Gasteiger partial charge in [0, 0.05) is 18.7 Å². The molecule has 1 aliphatic carbocycles. The van der Waals surface area contributed by atoms with Gasteiger partial charge in [0.15, 0.2) is 0 Å². The van der Waals surface area contributed by atoms with Gasteiger partial charge in [-0.3, -0.25) is 4.79 Å². The molecule has 1 saturated heterocycles. The first-order chi connectivity index (χ1) is 11.1. The highest BCUT2D eigenvalue weighted by Crippen LogP contribution is 2.22. The Bertz CT molecular complexity index is 550. The number of benzene rings is 1. The minimum Gasteiger partial charge on any atom is -0.390 e. The van der Waals surface area contributed by atoms with Crippen LogP contribution in [-0.2, 0) is 12.8 Å². The second-order valence-corrected chi connectivity index (χ2v) is 7.18. The predicted octanol–water partition coefficient (Wildman–Crippen LogP) is 2.00. The second kappa shape index (κ2) is 7.45. The van der Waals surface area contributed by atoms with Crippen molar-refractivity contribution in [3.8, 4) is 0 Å². The van der Waals surface area contributed by atoms with Gasteiger partial charge in [0.1, 0.15) is 0 Å². The van der Waals surface area contributed by atoms with Crippen LogP contribution in [0.15, 0.2) is 18.2 Å². The summed E-state index contributed by atoms with van der Waals surface area (Å²) in [6, 6.07) is 5.98. The molecule has 3 rings (SSSR count).